The Hall–Kier alpha value is -2.12. The van der Waals surface area contributed by atoms with Gasteiger partial charge >= 0.3 is 11.7 Å². The van der Waals surface area contributed by atoms with E-state index in [0.29, 0.717) is 0 Å². The minimum absolute atomic E-state index is 0.00801. The molecule has 0 aliphatic carbocycles. The quantitative estimate of drug-likeness (QED) is 0.336. The van der Waals surface area contributed by atoms with Gasteiger partial charge in [-0.1, -0.05) is 39.7 Å². The van der Waals surface area contributed by atoms with Gasteiger partial charge in [-0.05, 0) is 24.3 Å². The van der Waals surface area contributed by atoms with E-state index in [0.717, 1.165) is 4.47 Å². The Morgan fingerprint density at radius 1 is 1.23 bits per heavy atom. The van der Waals surface area contributed by atoms with E-state index in [1.807, 2.05) is 0 Å². The lowest BCUT2D eigenvalue weighted by atomic mass is 10.3. The zero-order valence-electron chi connectivity index (χ0n) is 11.0. The Morgan fingerprint density at radius 2 is 1.95 bits per heavy atom. The van der Waals surface area contributed by atoms with Crippen LogP contribution in [0.3, 0.4) is 0 Å². The Bertz CT molecular complexity index is 722. The van der Waals surface area contributed by atoms with Crippen LogP contribution in [0.15, 0.2) is 46.9 Å². The second-order valence-electron chi connectivity index (χ2n) is 4.06. The van der Waals surface area contributed by atoms with E-state index >= 15 is 0 Å². The van der Waals surface area contributed by atoms with Crippen molar-refractivity contribution in [3.63, 3.8) is 0 Å². The van der Waals surface area contributed by atoms with Crippen LogP contribution in [0.25, 0.3) is 0 Å². The molecular weight excluding hydrogens is 378 g/mol. The number of ether oxygens (including phenoxy) is 2. The predicted octanol–water partition coefficient (Wildman–Crippen LogP) is 4.00. The van der Waals surface area contributed by atoms with E-state index in [4.69, 9.17) is 21.1 Å². The van der Waals surface area contributed by atoms with Gasteiger partial charge in [0.15, 0.2) is 12.4 Å². The molecule has 0 heterocycles. The smallest absolute Gasteiger partial charge is 0.349 e. The maximum absolute atomic E-state index is 11.7. The highest BCUT2D eigenvalue weighted by Gasteiger charge is 2.16. The van der Waals surface area contributed by atoms with Crippen LogP contribution in [-0.4, -0.2) is 17.5 Å². The lowest BCUT2D eigenvalue weighted by Crippen LogP contribution is -2.18. The summed E-state index contributed by atoms with van der Waals surface area (Å²) in [7, 11) is 0. The molecule has 0 aromatic heterocycles. The molecule has 6 nitrogen and oxygen atoms in total. The molecule has 0 fully saturated rings. The SMILES string of the molecule is O=C(COc1ccccc1[N+](=O)[O-])Oc1ccc(Br)cc1Cl. The third-order valence-corrected chi connectivity index (χ3v) is 3.31. The molecule has 0 saturated heterocycles. The van der Waals surface area contributed by atoms with Crippen molar-refractivity contribution in [2.24, 2.45) is 0 Å². The molecule has 0 aliphatic rings. The fraction of sp³-hybridized carbons (Fsp3) is 0.0714. The summed E-state index contributed by atoms with van der Waals surface area (Å²) < 4.78 is 10.9. The summed E-state index contributed by atoms with van der Waals surface area (Å²) in [6.45, 7) is -0.475. The van der Waals surface area contributed by atoms with Crippen molar-refractivity contribution in [1.29, 1.82) is 0 Å². The van der Waals surface area contributed by atoms with Gasteiger partial charge in [0.1, 0.15) is 5.75 Å². The van der Waals surface area contributed by atoms with Crippen LogP contribution in [-0.2, 0) is 4.79 Å². The van der Waals surface area contributed by atoms with Gasteiger partial charge in [-0.25, -0.2) is 4.79 Å². The van der Waals surface area contributed by atoms with E-state index in [2.05, 4.69) is 15.9 Å². The fourth-order valence-corrected chi connectivity index (χ4v) is 2.29. The highest BCUT2D eigenvalue weighted by Crippen LogP contribution is 2.28. The van der Waals surface area contributed by atoms with Gasteiger partial charge < -0.3 is 9.47 Å². The fourth-order valence-electron chi connectivity index (χ4n) is 1.58. The first kappa shape index (κ1) is 16.3. The highest BCUT2D eigenvalue weighted by atomic mass is 79.9. The number of carbonyl (C=O) groups is 1. The molecule has 0 spiro atoms. The molecule has 0 saturated carbocycles. The van der Waals surface area contributed by atoms with Gasteiger partial charge in [0.2, 0.25) is 0 Å². The van der Waals surface area contributed by atoms with Crippen molar-refractivity contribution < 1.29 is 19.2 Å². The van der Waals surface area contributed by atoms with Gasteiger partial charge in [0.25, 0.3) is 0 Å². The number of nitrogens with zero attached hydrogens (tertiary/aromatic N) is 1. The minimum atomic E-state index is -0.720. The average Bonchev–Trinajstić information content (AvgIpc) is 2.48. The monoisotopic (exact) mass is 385 g/mol. The Labute approximate surface area is 138 Å². The molecule has 0 aliphatic heterocycles. The third-order valence-electron chi connectivity index (χ3n) is 2.53. The minimum Gasteiger partial charge on any atom is -0.475 e. The van der Waals surface area contributed by atoms with E-state index in [9.17, 15) is 14.9 Å². The van der Waals surface area contributed by atoms with Crippen LogP contribution in [0, 0.1) is 10.1 Å². The molecule has 22 heavy (non-hydrogen) atoms. The lowest BCUT2D eigenvalue weighted by Gasteiger charge is -2.08. The van der Waals surface area contributed by atoms with E-state index in [1.54, 1.807) is 18.2 Å². The lowest BCUT2D eigenvalue weighted by molar-refractivity contribution is -0.385. The summed E-state index contributed by atoms with van der Waals surface area (Å²) in [6.07, 6.45) is 0. The maximum Gasteiger partial charge on any atom is 0.349 e. The summed E-state index contributed by atoms with van der Waals surface area (Å²) in [5.41, 5.74) is -0.225. The second kappa shape index (κ2) is 7.24. The van der Waals surface area contributed by atoms with Crippen LogP contribution in [0.5, 0.6) is 11.5 Å². The predicted molar refractivity (Wildman–Crippen MR) is 83.4 cm³/mol. The van der Waals surface area contributed by atoms with Crippen LogP contribution < -0.4 is 9.47 Å². The zero-order chi connectivity index (χ0) is 16.1. The summed E-state index contributed by atoms with van der Waals surface area (Å²) in [4.78, 5) is 21.9. The number of hydrogen-bond donors (Lipinski definition) is 0. The number of hydrogen-bond acceptors (Lipinski definition) is 5. The number of carbonyl (C=O) groups excluding carboxylic acids is 1. The zero-order valence-corrected chi connectivity index (χ0v) is 13.3. The Kier molecular flexibility index (Phi) is 5.35. The Morgan fingerprint density at radius 3 is 2.64 bits per heavy atom. The van der Waals surface area contributed by atoms with Crippen LogP contribution in [0.4, 0.5) is 5.69 Å². The number of esters is 1. The maximum atomic E-state index is 11.7. The first-order valence-corrected chi connectivity index (χ1v) is 7.16. The molecule has 2 aromatic carbocycles. The summed E-state index contributed by atoms with van der Waals surface area (Å²) in [6, 6.07) is 10.5. The first-order chi connectivity index (χ1) is 10.5. The summed E-state index contributed by atoms with van der Waals surface area (Å²) >= 11 is 9.15. The van der Waals surface area contributed by atoms with Gasteiger partial charge in [0, 0.05) is 10.5 Å². The largest absolute Gasteiger partial charge is 0.475 e. The topological polar surface area (TPSA) is 78.7 Å². The number of nitro groups is 1. The molecule has 2 rings (SSSR count). The highest BCUT2D eigenvalue weighted by molar-refractivity contribution is 9.10. The van der Waals surface area contributed by atoms with Crippen molar-refractivity contribution in [1.82, 2.24) is 0 Å². The van der Waals surface area contributed by atoms with E-state index < -0.39 is 17.5 Å². The standard InChI is InChI=1S/C14H9BrClNO5/c15-9-5-6-12(10(16)7-9)22-14(18)8-21-13-4-2-1-3-11(13)17(19)20/h1-7H,8H2. The number of nitro benzene ring substituents is 1. The average molecular weight is 387 g/mol. The number of para-hydroxylation sites is 2. The van der Waals surface area contributed by atoms with Gasteiger partial charge in [-0.3, -0.25) is 10.1 Å². The molecule has 8 heteroatoms. The molecule has 114 valence electrons. The van der Waals surface area contributed by atoms with Crippen LogP contribution in [0.2, 0.25) is 5.02 Å². The van der Waals surface area contributed by atoms with Crippen molar-refractivity contribution in [3.05, 3.63) is 62.1 Å². The van der Waals surface area contributed by atoms with E-state index in [-0.39, 0.29) is 22.2 Å². The molecule has 0 bridgehead atoms. The molecule has 0 N–H and O–H groups in total. The van der Waals surface area contributed by atoms with Crippen molar-refractivity contribution >= 4 is 39.2 Å². The number of halogens is 2. The van der Waals surface area contributed by atoms with Crippen molar-refractivity contribution in [3.8, 4) is 11.5 Å². The van der Waals surface area contributed by atoms with Crippen LogP contribution in [0.1, 0.15) is 0 Å². The van der Waals surface area contributed by atoms with Crippen LogP contribution >= 0.6 is 27.5 Å². The molecular formula is C14H9BrClNO5. The third kappa shape index (κ3) is 4.19. The first-order valence-electron chi connectivity index (χ1n) is 5.99. The van der Waals surface area contributed by atoms with Gasteiger partial charge in [-0.2, -0.15) is 0 Å². The molecule has 2 aromatic rings. The van der Waals surface area contributed by atoms with E-state index in [1.165, 1.54) is 24.3 Å². The van der Waals surface area contributed by atoms with Gasteiger partial charge in [0.05, 0.1) is 9.95 Å². The number of rotatable bonds is 5. The molecule has 0 unspecified atom stereocenters. The van der Waals surface area contributed by atoms with Gasteiger partial charge in [-0.15, -0.1) is 0 Å². The number of benzene rings is 2. The molecule has 0 atom stereocenters. The summed E-state index contributed by atoms with van der Waals surface area (Å²) in [5, 5.41) is 11.1. The molecule has 0 amide bonds. The second-order valence-corrected chi connectivity index (χ2v) is 5.39. The van der Waals surface area contributed by atoms with Crippen molar-refractivity contribution in [2.75, 3.05) is 6.61 Å². The summed E-state index contributed by atoms with van der Waals surface area (Å²) in [5.74, 6) is -0.547. The molecule has 0 radical (unpaired) electrons. The Balaban J connectivity index is 2.00. The van der Waals surface area contributed by atoms with Crippen molar-refractivity contribution in [2.45, 2.75) is 0 Å². The normalized spacial score (nSPS) is 10.1.